The molecule has 0 amide bonds. The lowest BCUT2D eigenvalue weighted by molar-refractivity contribution is -0.410. The first-order valence-corrected chi connectivity index (χ1v) is 10.4. The van der Waals surface area contributed by atoms with Crippen molar-refractivity contribution in [1.82, 2.24) is 4.90 Å². The molecular weight excluding hydrogens is 516 g/mol. The zero-order chi connectivity index (χ0) is 27.0. The maximum atomic E-state index is 12.9. The smallest absolute Gasteiger partial charge is 0.493 e. The number of hydrogen-bond donors (Lipinski definition) is 0. The van der Waals surface area contributed by atoms with Crippen LogP contribution < -0.4 is 9.47 Å². The van der Waals surface area contributed by atoms with Gasteiger partial charge in [-0.25, -0.2) is 4.39 Å². The molecule has 2 aromatic rings. The van der Waals surface area contributed by atoms with E-state index < -0.39 is 43.4 Å². The van der Waals surface area contributed by atoms with E-state index >= 15 is 0 Å². The number of hydrogen-bond acceptors (Lipinski definition) is 4. The molecule has 1 unspecified atom stereocenters. The van der Waals surface area contributed by atoms with Gasteiger partial charge in [0.2, 0.25) is 0 Å². The highest BCUT2D eigenvalue weighted by molar-refractivity contribution is 5.35. The molecule has 36 heavy (non-hydrogen) atoms. The van der Waals surface area contributed by atoms with Crippen LogP contribution in [0.2, 0.25) is 0 Å². The van der Waals surface area contributed by atoms with Crippen molar-refractivity contribution >= 4 is 0 Å². The number of nitrogens with zero attached hydrogens (tertiary/aromatic N) is 1. The van der Waals surface area contributed by atoms with E-state index in [2.05, 4.69) is 9.47 Å². The molecule has 2 aromatic carbocycles. The van der Waals surface area contributed by atoms with Crippen LogP contribution in [-0.2, 0) is 17.6 Å². The first kappa shape index (κ1) is 29.5. The van der Waals surface area contributed by atoms with Gasteiger partial charge >= 0.3 is 19.0 Å². The van der Waals surface area contributed by atoms with Crippen LogP contribution in [0.5, 0.6) is 11.5 Å². The first-order chi connectivity index (χ1) is 16.7. The van der Waals surface area contributed by atoms with E-state index in [1.807, 2.05) is 0 Å². The molecule has 0 fully saturated rings. The third-order valence-corrected chi connectivity index (χ3v) is 4.73. The average molecular weight is 537 g/mol. The van der Waals surface area contributed by atoms with Crippen LogP contribution in [-0.4, -0.2) is 43.6 Å². The van der Waals surface area contributed by atoms with Gasteiger partial charge in [0.15, 0.2) is 6.86 Å². The Balaban J connectivity index is 1.98. The Morgan fingerprint density at radius 2 is 1.47 bits per heavy atom. The molecule has 0 saturated heterocycles. The summed E-state index contributed by atoms with van der Waals surface area (Å²) in [7, 11) is 0. The minimum Gasteiger partial charge on any atom is -0.493 e. The normalized spacial score (nSPS) is 13.6. The number of rotatable bonds is 12. The van der Waals surface area contributed by atoms with Crippen molar-refractivity contribution in [1.29, 1.82) is 0 Å². The van der Waals surface area contributed by atoms with Crippen molar-refractivity contribution in [2.45, 2.75) is 50.9 Å². The van der Waals surface area contributed by atoms with Crippen molar-refractivity contribution in [2.24, 2.45) is 0 Å². The van der Waals surface area contributed by atoms with Gasteiger partial charge in [0, 0.05) is 0 Å². The van der Waals surface area contributed by atoms with Gasteiger partial charge in [0.05, 0.1) is 6.61 Å². The quantitative estimate of drug-likeness (QED) is 0.125. The summed E-state index contributed by atoms with van der Waals surface area (Å²) in [6, 6.07) is 11.7. The van der Waals surface area contributed by atoms with Gasteiger partial charge < -0.3 is 14.2 Å². The zero-order valence-corrected chi connectivity index (χ0v) is 18.4. The molecule has 0 saturated carbocycles. The third-order valence-electron chi connectivity index (χ3n) is 4.73. The van der Waals surface area contributed by atoms with E-state index in [1.54, 1.807) is 24.3 Å². The van der Waals surface area contributed by atoms with Crippen LogP contribution in [0.25, 0.3) is 0 Å². The number of aryl methyl sites for hydroxylation is 2. The van der Waals surface area contributed by atoms with E-state index in [1.165, 1.54) is 18.2 Å². The summed E-state index contributed by atoms with van der Waals surface area (Å²) in [5, 5.41) is 0. The second-order valence-corrected chi connectivity index (χ2v) is 7.33. The lowest BCUT2D eigenvalue weighted by Gasteiger charge is -2.33. The standard InChI is InChI=1S/C22H21F10NO3/c23-14-35-19(33(20(24,25)26)21(27,28)29)9-4-12-34-18-8-2-1-6-16(18)11-10-15-5-3-7-17(13-15)36-22(30,31)32/h1-3,5-8,13,19H,4,9-12,14H2. The van der Waals surface area contributed by atoms with Crippen LogP contribution in [0.15, 0.2) is 48.5 Å². The lowest BCUT2D eigenvalue weighted by Crippen LogP contribution is -2.54. The van der Waals surface area contributed by atoms with E-state index in [9.17, 15) is 43.9 Å². The molecule has 0 radical (unpaired) electrons. The summed E-state index contributed by atoms with van der Waals surface area (Å²) in [5.41, 5.74) is 1.13. The summed E-state index contributed by atoms with van der Waals surface area (Å²) in [4.78, 5) is -1.82. The molecule has 0 spiro atoms. The molecule has 0 aliphatic rings. The molecule has 0 bridgehead atoms. The number of ether oxygens (including phenoxy) is 3. The predicted molar refractivity (Wildman–Crippen MR) is 107 cm³/mol. The summed E-state index contributed by atoms with van der Waals surface area (Å²) in [6.07, 6.45) is -19.7. The molecule has 0 N–H and O–H groups in total. The highest BCUT2D eigenvalue weighted by Gasteiger charge is 2.57. The van der Waals surface area contributed by atoms with Crippen LogP contribution >= 0.6 is 0 Å². The van der Waals surface area contributed by atoms with E-state index in [4.69, 9.17) is 4.74 Å². The average Bonchev–Trinajstić information content (AvgIpc) is 2.73. The molecule has 14 heteroatoms. The summed E-state index contributed by atoms with van der Waals surface area (Å²) in [6.45, 7) is -2.16. The molecule has 0 aliphatic carbocycles. The Hall–Kier alpha value is -2.74. The van der Waals surface area contributed by atoms with Crippen molar-refractivity contribution in [3.8, 4) is 11.5 Å². The van der Waals surface area contributed by atoms with E-state index in [0.29, 0.717) is 17.5 Å². The number of alkyl halides is 10. The second-order valence-electron chi connectivity index (χ2n) is 7.33. The first-order valence-electron chi connectivity index (χ1n) is 10.4. The molecule has 0 aromatic heterocycles. The Kier molecular flexibility index (Phi) is 10.2. The monoisotopic (exact) mass is 537 g/mol. The van der Waals surface area contributed by atoms with Crippen LogP contribution in [0.4, 0.5) is 43.9 Å². The van der Waals surface area contributed by atoms with Gasteiger partial charge in [-0.2, -0.15) is 26.3 Å². The highest BCUT2D eigenvalue weighted by atomic mass is 19.4. The van der Waals surface area contributed by atoms with E-state index in [-0.39, 0.29) is 30.9 Å². The summed E-state index contributed by atoms with van der Waals surface area (Å²) < 4.78 is 140. The highest BCUT2D eigenvalue weighted by Crippen LogP contribution is 2.37. The fraction of sp³-hybridized carbons (Fsp3) is 0.455. The molecule has 4 nitrogen and oxygen atoms in total. The third kappa shape index (κ3) is 9.72. The molecule has 2 rings (SSSR count). The predicted octanol–water partition coefficient (Wildman–Crippen LogP) is 7.14. The minimum absolute atomic E-state index is 0.284. The SMILES string of the molecule is FCOC(CCCOc1ccccc1CCc1cccc(OC(F)(F)F)c1)N(C(F)(F)F)C(F)(F)F. The second kappa shape index (κ2) is 12.5. The Morgan fingerprint density at radius 1 is 0.806 bits per heavy atom. The van der Waals surface area contributed by atoms with Gasteiger partial charge in [-0.3, -0.25) is 0 Å². The van der Waals surface area contributed by atoms with Crippen molar-refractivity contribution in [2.75, 3.05) is 13.5 Å². The van der Waals surface area contributed by atoms with Crippen LogP contribution in [0.1, 0.15) is 24.0 Å². The summed E-state index contributed by atoms with van der Waals surface area (Å²) >= 11 is 0. The van der Waals surface area contributed by atoms with E-state index in [0.717, 1.165) is 6.07 Å². The molecular formula is C22H21F10NO3. The maximum absolute atomic E-state index is 12.9. The van der Waals surface area contributed by atoms with Crippen molar-refractivity contribution in [3.63, 3.8) is 0 Å². The molecule has 1 atom stereocenters. The number of benzene rings is 2. The van der Waals surface area contributed by atoms with Gasteiger partial charge in [-0.05, 0) is 55.0 Å². The lowest BCUT2D eigenvalue weighted by atomic mass is 10.0. The summed E-state index contributed by atoms with van der Waals surface area (Å²) in [5.74, 6) is -0.104. The number of halogens is 10. The van der Waals surface area contributed by atoms with Crippen molar-refractivity contribution < 1.29 is 58.1 Å². The van der Waals surface area contributed by atoms with Crippen LogP contribution in [0, 0.1) is 0 Å². The largest absolute Gasteiger partial charge is 0.573 e. The Bertz CT molecular complexity index is 933. The van der Waals surface area contributed by atoms with Gasteiger partial charge in [-0.1, -0.05) is 35.2 Å². The zero-order valence-electron chi connectivity index (χ0n) is 18.4. The maximum Gasteiger partial charge on any atom is 0.573 e. The number of para-hydroxylation sites is 1. The molecule has 202 valence electrons. The van der Waals surface area contributed by atoms with Crippen molar-refractivity contribution in [3.05, 3.63) is 59.7 Å². The molecule has 0 heterocycles. The van der Waals surface area contributed by atoms with Crippen LogP contribution in [0.3, 0.4) is 0 Å². The molecule has 0 aliphatic heterocycles. The Morgan fingerprint density at radius 3 is 2.08 bits per heavy atom. The Labute approximate surface area is 199 Å². The minimum atomic E-state index is -5.84. The van der Waals surface area contributed by atoms with Gasteiger partial charge in [0.25, 0.3) is 0 Å². The van der Waals surface area contributed by atoms with Gasteiger partial charge in [0.1, 0.15) is 17.7 Å². The fourth-order valence-corrected chi connectivity index (χ4v) is 3.30. The topological polar surface area (TPSA) is 30.9 Å². The van der Waals surface area contributed by atoms with Gasteiger partial charge in [-0.15, -0.1) is 13.2 Å². The fourth-order valence-electron chi connectivity index (χ4n) is 3.30.